The first-order valence-electron chi connectivity index (χ1n) is 6.03. The third-order valence-electron chi connectivity index (χ3n) is 2.24. The zero-order valence-corrected chi connectivity index (χ0v) is 11.8. The van der Waals surface area contributed by atoms with E-state index in [1.54, 1.807) is 20.8 Å². The van der Waals surface area contributed by atoms with Gasteiger partial charge in [0.25, 0.3) is 0 Å². The molecule has 0 radical (unpaired) electrons. The second-order valence-electron chi connectivity index (χ2n) is 5.31. The molecule has 0 aliphatic carbocycles. The maximum atomic E-state index is 11.6. The molecule has 0 bridgehead atoms. The number of nitrogens with zero attached hydrogens (tertiary/aromatic N) is 2. The zero-order chi connectivity index (χ0) is 16.2. The minimum atomic E-state index is -1.32. The summed E-state index contributed by atoms with van der Waals surface area (Å²) in [4.78, 5) is 36.2. The number of carbonyl (C=O) groups excluding carboxylic acids is 1. The Kier molecular flexibility index (Phi) is 4.79. The number of anilines is 1. The number of aromatic nitrogens is 1. The monoisotopic (exact) mass is 296 g/mol. The highest BCUT2D eigenvalue weighted by Crippen LogP contribution is 2.22. The summed E-state index contributed by atoms with van der Waals surface area (Å²) in [5.74, 6) is -1.84. The van der Waals surface area contributed by atoms with Gasteiger partial charge in [-0.2, -0.15) is 0 Å². The first-order valence-corrected chi connectivity index (χ1v) is 6.03. The van der Waals surface area contributed by atoms with Crippen molar-refractivity contribution in [2.45, 2.75) is 26.3 Å². The van der Waals surface area contributed by atoms with Crippen LogP contribution in [0.5, 0.6) is 0 Å². The smallest absolute Gasteiger partial charge is 0.337 e. The van der Waals surface area contributed by atoms with Crippen LogP contribution in [0.1, 0.15) is 31.1 Å². The number of carbonyl (C=O) groups is 2. The van der Waals surface area contributed by atoms with E-state index in [2.05, 4.69) is 15.6 Å². The summed E-state index contributed by atoms with van der Waals surface area (Å²) in [5.41, 5.74) is -1.23. The average molecular weight is 296 g/mol. The Morgan fingerprint density at radius 2 is 2.05 bits per heavy atom. The van der Waals surface area contributed by atoms with Crippen LogP contribution in [0.4, 0.5) is 11.5 Å². The van der Waals surface area contributed by atoms with E-state index in [0.29, 0.717) is 0 Å². The lowest BCUT2D eigenvalue weighted by molar-refractivity contribution is -0.384. The van der Waals surface area contributed by atoms with Crippen molar-refractivity contribution in [2.75, 3.05) is 11.9 Å². The van der Waals surface area contributed by atoms with Crippen molar-refractivity contribution in [3.63, 3.8) is 0 Å². The molecule has 1 rings (SSSR count). The number of hydrogen-bond acceptors (Lipinski definition) is 6. The van der Waals surface area contributed by atoms with Crippen molar-refractivity contribution < 1.29 is 19.6 Å². The van der Waals surface area contributed by atoms with E-state index in [1.807, 2.05) is 0 Å². The van der Waals surface area contributed by atoms with Gasteiger partial charge in [0.15, 0.2) is 0 Å². The second-order valence-corrected chi connectivity index (χ2v) is 5.31. The molecule has 1 heterocycles. The number of rotatable bonds is 5. The highest BCUT2D eigenvalue weighted by Gasteiger charge is 2.20. The fraction of sp³-hybridized carbons (Fsp3) is 0.417. The molecule has 9 heteroatoms. The van der Waals surface area contributed by atoms with Gasteiger partial charge in [0, 0.05) is 17.8 Å². The van der Waals surface area contributed by atoms with Crippen LogP contribution in [0, 0.1) is 10.1 Å². The molecule has 0 atom stereocenters. The van der Waals surface area contributed by atoms with E-state index >= 15 is 0 Å². The fourth-order valence-corrected chi connectivity index (χ4v) is 1.47. The molecule has 0 fully saturated rings. The average Bonchev–Trinajstić information content (AvgIpc) is 2.33. The Morgan fingerprint density at radius 3 is 2.52 bits per heavy atom. The lowest BCUT2D eigenvalue weighted by atomic mass is 10.1. The van der Waals surface area contributed by atoms with Crippen LogP contribution in [0.25, 0.3) is 0 Å². The lowest BCUT2D eigenvalue weighted by Crippen LogP contribution is -2.43. The van der Waals surface area contributed by atoms with Crippen molar-refractivity contribution in [3.05, 3.63) is 27.9 Å². The van der Waals surface area contributed by atoms with Gasteiger partial charge in [-0.15, -0.1) is 0 Å². The van der Waals surface area contributed by atoms with Gasteiger partial charge in [-0.1, -0.05) is 0 Å². The number of nitro groups is 1. The van der Waals surface area contributed by atoms with E-state index in [0.717, 1.165) is 12.3 Å². The maximum absolute atomic E-state index is 11.6. The third kappa shape index (κ3) is 5.05. The van der Waals surface area contributed by atoms with Gasteiger partial charge in [-0.3, -0.25) is 14.9 Å². The molecule has 1 amide bonds. The Bertz CT molecular complexity index is 580. The molecule has 1 aromatic rings. The number of aromatic carboxylic acids is 1. The molecule has 0 aliphatic heterocycles. The molecule has 0 aromatic carbocycles. The predicted molar refractivity (Wildman–Crippen MR) is 74.2 cm³/mol. The van der Waals surface area contributed by atoms with E-state index in [9.17, 15) is 19.7 Å². The van der Waals surface area contributed by atoms with Gasteiger partial charge in [0.1, 0.15) is 0 Å². The first kappa shape index (κ1) is 16.3. The van der Waals surface area contributed by atoms with Crippen LogP contribution in [0.2, 0.25) is 0 Å². The van der Waals surface area contributed by atoms with E-state index in [4.69, 9.17) is 5.11 Å². The summed E-state index contributed by atoms with van der Waals surface area (Å²) >= 11 is 0. The molecular formula is C12H16N4O5. The number of carboxylic acids is 1. The summed E-state index contributed by atoms with van der Waals surface area (Å²) in [6.45, 7) is 5.19. The second kappa shape index (κ2) is 6.16. The lowest BCUT2D eigenvalue weighted by Gasteiger charge is -2.20. The van der Waals surface area contributed by atoms with Gasteiger partial charge in [-0.05, 0) is 20.8 Å². The van der Waals surface area contributed by atoms with E-state index in [1.165, 1.54) is 0 Å². The summed E-state index contributed by atoms with van der Waals surface area (Å²) < 4.78 is 0. The minimum Gasteiger partial charge on any atom is -0.478 e. The highest BCUT2D eigenvalue weighted by molar-refractivity contribution is 5.89. The molecule has 0 aliphatic rings. The highest BCUT2D eigenvalue weighted by atomic mass is 16.6. The van der Waals surface area contributed by atoms with E-state index in [-0.39, 0.29) is 23.8 Å². The zero-order valence-electron chi connectivity index (χ0n) is 11.8. The molecule has 21 heavy (non-hydrogen) atoms. The Labute approximate surface area is 120 Å². The maximum Gasteiger partial charge on any atom is 0.337 e. The van der Waals surface area contributed by atoms with Crippen molar-refractivity contribution >= 4 is 23.4 Å². The van der Waals surface area contributed by atoms with Crippen molar-refractivity contribution in [3.8, 4) is 0 Å². The van der Waals surface area contributed by atoms with Crippen LogP contribution in [0.3, 0.4) is 0 Å². The van der Waals surface area contributed by atoms with Crippen molar-refractivity contribution in [1.82, 2.24) is 10.3 Å². The molecule has 0 saturated heterocycles. The fourth-order valence-electron chi connectivity index (χ4n) is 1.47. The number of amides is 1. The largest absolute Gasteiger partial charge is 0.478 e. The number of carboxylic acid groups (broad SMARTS) is 1. The minimum absolute atomic E-state index is 0.158. The van der Waals surface area contributed by atoms with Crippen LogP contribution < -0.4 is 10.6 Å². The van der Waals surface area contributed by atoms with Crippen molar-refractivity contribution in [2.24, 2.45) is 0 Å². The van der Waals surface area contributed by atoms with Crippen LogP contribution in [0.15, 0.2) is 12.3 Å². The topological polar surface area (TPSA) is 134 Å². The molecule has 0 saturated carbocycles. The quantitative estimate of drug-likeness (QED) is 0.545. The van der Waals surface area contributed by atoms with Crippen LogP contribution >= 0.6 is 0 Å². The summed E-state index contributed by atoms with van der Waals surface area (Å²) in [6, 6.07) is 0.888. The van der Waals surface area contributed by atoms with Gasteiger partial charge < -0.3 is 15.7 Å². The van der Waals surface area contributed by atoms with Crippen LogP contribution in [-0.2, 0) is 4.79 Å². The number of pyridine rings is 1. The summed E-state index contributed by atoms with van der Waals surface area (Å²) in [6.07, 6.45) is 0.985. The summed E-state index contributed by atoms with van der Waals surface area (Å²) in [5, 5.41) is 24.9. The number of hydrogen-bond donors (Lipinski definition) is 3. The molecule has 3 N–H and O–H groups in total. The van der Waals surface area contributed by atoms with E-state index < -0.39 is 22.1 Å². The standard InChI is InChI=1S/C12H16N4O5/c1-12(2,3)15-9(17)6-14-10-8(16(20)21)4-7(5-13-10)11(18)19/h4-5H,6H2,1-3H3,(H,13,14)(H,15,17)(H,18,19). The van der Waals surface area contributed by atoms with Gasteiger partial charge in [0.2, 0.25) is 11.7 Å². The third-order valence-corrected chi connectivity index (χ3v) is 2.24. The Hall–Kier alpha value is -2.71. The molecule has 114 valence electrons. The molecule has 0 spiro atoms. The predicted octanol–water partition coefficient (Wildman–Crippen LogP) is 1.01. The molecule has 9 nitrogen and oxygen atoms in total. The Morgan fingerprint density at radius 1 is 1.43 bits per heavy atom. The first-order chi connectivity index (χ1) is 9.60. The molecule has 0 unspecified atom stereocenters. The van der Waals surface area contributed by atoms with Gasteiger partial charge >= 0.3 is 11.7 Å². The SMILES string of the molecule is CC(C)(C)NC(=O)CNc1ncc(C(=O)O)cc1[N+](=O)[O-]. The van der Waals surface area contributed by atoms with Crippen molar-refractivity contribution in [1.29, 1.82) is 0 Å². The number of nitrogens with one attached hydrogen (secondary N) is 2. The normalized spacial score (nSPS) is 10.8. The molecular weight excluding hydrogens is 280 g/mol. The Balaban J connectivity index is 2.86. The van der Waals surface area contributed by atoms with Gasteiger partial charge in [-0.25, -0.2) is 9.78 Å². The summed E-state index contributed by atoms with van der Waals surface area (Å²) in [7, 11) is 0. The van der Waals surface area contributed by atoms with Crippen LogP contribution in [-0.4, -0.2) is 39.0 Å². The van der Waals surface area contributed by atoms with Gasteiger partial charge in [0.05, 0.1) is 17.0 Å². The molecule has 1 aromatic heterocycles.